The van der Waals surface area contributed by atoms with Crippen molar-refractivity contribution in [3.63, 3.8) is 0 Å². The second-order valence-corrected chi connectivity index (χ2v) is 3.72. The summed E-state index contributed by atoms with van der Waals surface area (Å²) >= 11 is 1.87. The molecule has 0 radical (unpaired) electrons. The molecule has 2 nitrogen and oxygen atoms in total. The zero-order chi connectivity index (χ0) is 7.98. The first kappa shape index (κ1) is 10.3. The number of rotatable bonds is 5. The molecular formula is C7H18N2S. The third kappa shape index (κ3) is 6.39. The van der Waals surface area contributed by atoms with Crippen molar-refractivity contribution in [2.75, 3.05) is 32.1 Å². The molecule has 0 aliphatic rings. The highest BCUT2D eigenvalue weighted by Crippen LogP contribution is 1.93. The lowest BCUT2D eigenvalue weighted by Crippen LogP contribution is -2.34. The minimum atomic E-state index is 0.298. The van der Waals surface area contributed by atoms with Crippen LogP contribution in [0.25, 0.3) is 0 Å². The standard InChI is InChI=1S/C7H18N2S/c1-7(8)6-9(2)4-5-10-3/h7H,4-6,8H2,1-3H3. The molecule has 0 fully saturated rings. The Kier molecular flexibility index (Phi) is 6.17. The van der Waals surface area contributed by atoms with Crippen LogP contribution < -0.4 is 5.73 Å². The minimum Gasteiger partial charge on any atom is -0.327 e. The van der Waals surface area contributed by atoms with E-state index < -0.39 is 0 Å². The van der Waals surface area contributed by atoms with Gasteiger partial charge in [0.1, 0.15) is 0 Å². The summed E-state index contributed by atoms with van der Waals surface area (Å²) in [5.74, 6) is 1.20. The molecular weight excluding hydrogens is 144 g/mol. The average Bonchev–Trinajstić information content (AvgIpc) is 1.82. The Bertz CT molecular complexity index is 76.0. The van der Waals surface area contributed by atoms with Gasteiger partial charge < -0.3 is 10.6 Å². The van der Waals surface area contributed by atoms with Crippen molar-refractivity contribution < 1.29 is 0 Å². The van der Waals surface area contributed by atoms with Crippen LogP contribution in [0.3, 0.4) is 0 Å². The summed E-state index contributed by atoms with van der Waals surface area (Å²) in [4.78, 5) is 2.27. The van der Waals surface area contributed by atoms with E-state index in [2.05, 4.69) is 18.2 Å². The highest BCUT2D eigenvalue weighted by molar-refractivity contribution is 7.98. The van der Waals surface area contributed by atoms with E-state index in [1.165, 1.54) is 5.75 Å². The Labute approximate surface area is 68.2 Å². The normalized spacial score (nSPS) is 14.1. The van der Waals surface area contributed by atoms with Crippen LogP contribution in [-0.4, -0.2) is 43.1 Å². The van der Waals surface area contributed by atoms with E-state index in [1.54, 1.807) is 0 Å². The summed E-state index contributed by atoms with van der Waals surface area (Å²) in [5.41, 5.74) is 5.62. The zero-order valence-electron chi connectivity index (χ0n) is 7.13. The summed E-state index contributed by atoms with van der Waals surface area (Å²) in [6.07, 6.45) is 2.12. The molecule has 62 valence electrons. The van der Waals surface area contributed by atoms with E-state index in [9.17, 15) is 0 Å². The summed E-state index contributed by atoms with van der Waals surface area (Å²) in [5, 5.41) is 0. The van der Waals surface area contributed by atoms with Gasteiger partial charge in [-0.3, -0.25) is 0 Å². The van der Waals surface area contributed by atoms with E-state index in [-0.39, 0.29) is 0 Å². The number of nitrogens with zero attached hydrogens (tertiary/aromatic N) is 1. The number of nitrogens with two attached hydrogens (primary N) is 1. The topological polar surface area (TPSA) is 29.3 Å². The molecule has 2 N–H and O–H groups in total. The van der Waals surface area contributed by atoms with E-state index in [4.69, 9.17) is 5.73 Å². The molecule has 0 aromatic heterocycles. The fraction of sp³-hybridized carbons (Fsp3) is 1.00. The smallest absolute Gasteiger partial charge is 0.0139 e. The van der Waals surface area contributed by atoms with Gasteiger partial charge in [0.05, 0.1) is 0 Å². The highest BCUT2D eigenvalue weighted by Gasteiger charge is 1.99. The monoisotopic (exact) mass is 162 g/mol. The first-order valence-electron chi connectivity index (χ1n) is 3.60. The van der Waals surface area contributed by atoms with Gasteiger partial charge in [-0.05, 0) is 20.2 Å². The molecule has 1 unspecified atom stereocenters. The van der Waals surface area contributed by atoms with Crippen LogP contribution in [0.5, 0.6) is 0 Å². The highest BCUT2D eigenvalue weighted by atomic mass is 32.2. The lowest BCUT2D eigenvalue weighted by Gasteiger charge is -2.17. The Balaban J connectivity index is 3.16. The lowest BCUT2D eigenvalue weighted by molar-refractivity contribution is 0.336. The summed E-state index contributed by atoms with van der Waals surface area (Å²) in [6, 6.07) is 0.298. The van der Waals surface area contributed by atoms with Crippen molar-refractivity contribution in [1.29, 1.82) is 0 Å². The van der Waals surface area contributed by atoms with Gasteiger partial charge in [0.2, 0.25) is 0 Å². The summed E-state index contributed by atoms with van der Waals surface area (Å²) in [6.45, 7) is 4.18. The van der Waals surface area contributed by atoms with Crippen LogP contribution in [0.2, 0.25) is 0 Å². The molecule has 0 rings (SSSR count). The van der Waals surface area contributed by atoms with Gasteiger partial charge in [-0.2, -0.15) is 11.8 Å². The van der Waals surface area contributed by atoms with Crippen molar-refractivity contribution in [1.82, 2.24) is 4.90 Å². The molecule has 10 heavy (non-hydrogen) atoms. The maximum Gasteiger partial charge on any atom is 0.0139 e. The zero-order valence-corrected chi connectivity index (χ0v) is 7.95. The van der Waals surface area contributed by atoms with Gasteiger partial charge >= 0.3 is 0 Å². The van der Waals surface area contributed by atoms with Crippen LogP contribution in [-0.2, 0) is 0 Å². The minimum absolute atomic E-state index is 0.298. The fourth-order valence-corrected chi connectivity index (χ4v) is 1.32. The molecule has 0 amide bonds. The average molecular weight is 162 g/mol. The molecule has 0 aromatic carbocycles. The molecule has 1 atom stereocenters. The molecule has 0 saturated carbocycles. The van der Waals surface area contributed by atoms with Crippen LogP contribution in [0.4, 0.5) is 0 Å². The van der Waals surface area contributed by atoms with E-state index >= 15 is 0 Å². The van der Waals surface area contributed by atoms with E-state index in [0.29, 0.717) is 6.04 Å². The lowest BCUT2D eigenvalue weighted by atomic mass is 10.3. The number of thioether (sulfide) groups is 1. The first-order valence-corrected chi connectivity index (χ1v) is 4.99. The van der Waals surface area contributed by atoms with Crippen molar-refractivity contribution in [2.45, 2.75) is 13.0 Å². The van der Waals surface area contributed by atoms with Gasteiger partial charge in [-0.15, -0.1) is 0 Å². The van der Waals surface area contributed by atoms with Crippen LogP contribution >= 0.6 is 11.8 Å². The fourth-order valence-electron chi connectivity index (χ4n) is 0.830. The van der Waals surface area contributed by atoms with Gasteiger partial charge in [0, 0.05) is 24.9 Å². The largest absolute Gasteiger partial charge is 0.327 e. The summed E-state index contributed by atoms with van der Waals surface area (Å²) in [7, 11) is 2.11. The van der Waals surface area contributed by atoms with Gasteiger partial charge in [0.15, 0.2) is 0 Å². The molecule has 0 saturated heterocycles. The van der Waals surface area contributed by atoms with Crippen molar-refractivity contribution in [3.8, 4) is 0 Å². The maximum atomic E-state index is 5.62. The van der Waals surface area contributed by atoms with E-state index in [1.807, 2.05) is 18.7 Å². The van der Waals surface area contributed by atoms with Crippen LogP contribution in [0.15, 0.2) is 0 Å². The molecule has 3 heteroatoms. The third-order valence-corrected chi connectivity index (χ3v) is 1.87. The predicted molar refractivity (Wildman–Crippen MR) is 49.5 cm³/mol. The van der Waals surface area contributed by atoms with Crippen molar-refractivity contribution in [3.05, 3.63) is 0 Å². The predicted octanol–water partition coefficient (Wildman–Crippen LogP) is 0.628. The second kappa shape index (κ2) is 6.01. The Morgan fingerprint density at radius 1 is 1.60 bits per heavy atom. The summed E-state index contributed by atoms with van der Waals surface area (Å²) < 4.78 is 0. The number of likely N-dealkylation sites (N-methyl/N-ethyl adjacent to an activating group) is 1. The number of hydrogen-bond donors (Lipinski definition) is 1. The van der Waals surface area contributed by atoms with E-state index in [0.717, 1.165) is 13.1 Å². The maximum absolute atomic E-state index is 5.62. The quantitative estimate of drug-likeness (QED) is 0.643. The molecule has 0 aliphatic heterocycles. The molecule has 0 aliphatic carbocycles. The third-order valence-electron chi connectivity index (χ3n) is 1.28. The second-order valence-electron chi connectivity index (χ2n) is 2.73. The van der Waals surface area contributed by atoms with Crippen LogP contribution in [0.1, 0.15) is 6.92 Å². The number of hydrogen-bond acceptors (Lipinski definition) is 3. The van der Waals surface area contributed by atoms with Crippen LogP contribution in [0, 0.1) is 0 Å². The Morgan fingerprint density at radius 2 is 2.20 bits per heavy atom. The molecule has 0 bridgehead atoms. The van der Waals surface area contributed by atoms with Crippen molar-refractivity contribution >= 4 is 11.8 Å². The Morgan fingerprint density at radius 3 is 2.60 bits per heavy atom. The van der Waals surface area contributed by atoms with Gasteiger partial charge in [0.25, 0.3) is 0 Å². The Hall–Kier alpha value is 0.270. The first-order chi connectivity index (χ1) is 4.66. The van der Waals surface area contributed by atoms with Gasteiger partial charge in [-0.25, -0.2) is 0 Å². The van der Waals surface area contributed by atoms with Gasteiger partial charge in [-0.1, -0.05) is 0 Å². The SMILES string of the molecule is CSCCN(C)CC(C)N. The molecule has 0 spiro atoms. The van der Waals surface area contributed by atoms with Crippen molar-refractivity contribution in [2.24, 2.45) is 5.73 Å². The molecule has 0 heterocycles. The molecule has 0 aromatic rings.